The van der Waals surface area contributed by atoms with Gasteiger partial charge in [-0.3, -0.25) is 9.69 Å². The molecule has 1 aliphatic heterocycles. The molecule has 0 radical (unpaired) electrons. The number of hydrogen-bond donors (Lipinski definition) is 2. The number of aliphatic hydroxyl groups is 1. The number of aromatic nitrogens is 1. The number of sulfone groups is 1. The number of esters is 1. The number of methoxy groups -OCH3 is 2. The minimum atomic E-state index is -4.38. The van der Waals surface area contributed by atoms with Crippen LogP contribution in [0.15, 0.2) is 58.0 Å². The Morgan fingerprint density at radius 1 is 1.08 bits per heavy atom. The van der Waals surface area contributed by atoms with Crippen molar-refractivity contribution in [2.24, 2.45) is 0 Å². The Hall–Kier alpha value is -3.90. The number of aliphatic hydroxyl groups excluding tert-OH is 1. The van der Waals surface area contributed by atoms with E-state index < -0.39 is 38.4 Å². The number of carbonyl (C=O) groups excluding carboxylic acids is 2. The van der Waals surface area contributed by atoms with Crippen LogP contribution in [0.2, 0.25) is 0 Å². The molecule has 0 aliphatic carbocycles. The van der Waals surface area contributed by atoms with Gasteiger partial charge in [-0.15, -0.1) is 0 Å². The molecule has 0 bridgehead atoms. The van der Waals surface area contributed by atoms with Crippen LogP contribution in [0.3, 0.4) is 0 Å². The van der Waals surface area contributed by atoms with Gasteiger partial charge in [-0.05, 0) is 43.7 Å². The molecule has 2 heterocycles. The van der Waals surface area contributed by atoms with Crippen LogP contribution in [0.5, 0.6) is 11.5 Å². The van der Waals surface area contributed by atoms with Crippen molar-refractivity contribution in [1.29, 1.82) is 0 Å². The van der Waals surface area contributed by atoms with Gasteiger partial charge in [0, 0.05) is 0 Å². The van der Waals surface area contributed by atoms with Crippen molar-refractivity contribution < 1.29 is 37.7 Å². The molecule has 188 valence electrons. The monoisotopic (exact) mass is 530 g/mol. The van der Waals surface area contributed by atoms with Gasteiger partial charge in [-0.25, -0.2) is 18.2 Å². The summed E-state index contributed by atoms with van der Waals surface area (Å²) in [5.74, 6) is -2.83. The number of phenolic OH excluding ortho intramolecular Hbond substituents is 1. The summed E-state index contributed by atoms with van der Waals surface area (Å²) in [6.45, 7) is 3.34. The molecule has 1 amide bonds. The second-order valence-corrected chi connectivity index (χ2v) is 10.8. The van der Waals surface area contributed by atoms with E-state index in [0.29, 0.717) is 0 Å². The van der Waals surface area contributed by atoms with E-state index in [-0.39, 0.29) is 37.7 Å². The highest BCUT2D eigenvalue weighted by Gasteiger charge is 2.49. The first kappa shape index (κ1) is 25.2. The van der Waals surface area contributed by atoms with Gasteiger partial charge in [0.05, 0.1) is 24.8 Å². The lowest BCUT2D eigenvalue weighted by atomic mass is 10.1. The fourth-order valence-corrected chi connectivity index (χ4v) is 6.47. The predicted molar refractivity (Wildman–Crippen MR) is 131 cm³/mol. The van der Waals surface area contributed by atoms with Crippen LogP contribution in [0.25, 0.3) is 0 Å². The Bertz CT molecular complexity index is 1510. The van der Waals surface area contributed by atoms with Crippen molar-refractivity contribution in [2.75, 3.05) is 19.1 Å². The summed E-state index contributed by atoms with van der Waals surface area (Å²) in [5, 5.41) is 21.0. The molecule has 1 atom stereocenters. The standard InChI is InChI=1S/C24H22N2O8S2/c1-12-5-8-15(9-6-12)36(31,32)21-18(14-7-10-16(27)17(11-14)33-3)26(22(29)19(21)28)24-25-13(2)20(35-24)23(30)34-4/h5-11,18,27-28H,1-4H3/t18-/m1/s1. The Labute approximate surface area is 211 Å². The summed E-state index contributed by atoms with van der Waals surface area (Å²) in [6, 6.07) is 8.67. The molecule has 3 aromatic rings. The zero-order valence-electron chi connectivity index (χ0n) is 19.7. The third kappa shape index (κ3) is 4.07. The first-order chi connectivity index (χ1) is 17.0. The average molecular weight is 531 g/mol. The van der Waals surface area contributed by atoms with Gasteiger partial charge in [0.15, 0.2) is 22.4 Å². The molecular weight excluding hydrogens is 508 g/mol. The smallest absolute Gasteiger partial charge is 0.350 e. The number of phenols is 1. The van der Waals surface area contributed by atoms with Gasteiger partial charge in [-0.1, -0.05) is 35.1 Å². The van der Waals surface area contributed by atoms with Gasteiger partial charge < -0.3 is 19.7 Å². The van der Waals surface area contributed by atoms with Gasteiger partial charge in [0.1, 0.15) is 15.8 Å². The van der Waals surface area contributed by atoms with E-state index in [1.165, 1.54) is 44.6 Å². The number of aromatic hydroxyl groups is 1. The molecular formula is C24H22N2O8S2. The maximum absolute atomic E-state index is 13.7. The number of rotatable bonds is 6. The van der Waals surface area contributed by atoms with Crippen LogP contribution >= 0.6 is 11.3 Å². The number of aryl methyl sites for hydroxylation is 2. The van der Waals surface area contributed by atoms with Crippen molar-refractivity contribution in [2.45, 2.75) is 24.8 Å². The molecule has 10 nitrogen and oxygen atoms in total. The van der Waals surface area contributed by atoms with Crippen LogP contribution in [0, 0.1) is 13.8 Å². The Balaban J connectivity index is 1.96. The summed E-state index contributed by atoms with van der Waals surface area (Å²) in [7, 11) is -1.86. The molecule has 12 heteroatoms. The normalized spacial score (nSPS) is 15.9. The molecule has 0 saturated heterocycles. The summed E-state index contributed by atoms with van der Waals surface area (Å²) < 4.78 is 37.4. The number of nitrogens with zero attached hydrogens (tertiary/aromatic N) is 2. The van der Waals surface area contributed by atoms with Gasteiger partial charge in [-0.2, -0.15) is 0 Å². The highest BCUT2D eigenvalue weighted by Crippen LogP contribution is 2.47. The second kappa shape index (κ2) is 9.28. The molecule has 0 fully saturated rings. The summed E-state index contributed by atoms with van der Waals surface area (Å²) in [4.78, 5) is 30.2. The van der Waals surface area contributed by atoms with E-state index >= 15 is 0 Å². The highest BCUT2D eigenvalue weighted by molar-refractivity contribution is 7.95. The van der Waals surface area contributed by atoms with Gasteiger partial charge in [0.25, 0.3) is 5.91 Å². The lowest BCUT2D eigenvalue weighted by Crippen LogP contribution is -2.31. The number of carbonyl (C=O) groups is 2. The number of anilines is 1. The molecule has 36 heavy (non-hydrogen) atoms. The quantitative estimate of drug-likeness (QED) is 0.457. The molecule has 1 aliphatic rings. The minimum Gasteiger partial charge on any atom is -0.504 e. The zero-order chi connectivity index (χ0) is 26.4. The number of benzene rings is 2. The second-order valence-electron chi connectivity index (χ2n) is 7.94. The van der Waals surface area contributed by atoms with Crippen LogP contribution in [-0.2, 0) is 19.4 Å². The third-order valence-corrected chi connectivity index (χ3v) is 8.69. The molecule has 2 aromatic carbocycles. The Morgan fingerprint density at radius 2 is 1.75 bits per heavy atom. The number of thiazole rings is 1. The van der Waals surface area contributed by atoms with E-state index in [0.717, 1.165) is 21.8 Å². The van der Waals surface area contributed by atoms with Crippen molar-refractivity contribution in [1.82, 2.24) is 4.98 Å². The van der Waals surface area contributed by atoms with Crippen LogP contribution in [0.4, 0.5) is 5.13 Å². The molecule has 2 N–H and O–H groups in total. The van der Waals surface area contributed by atoms with Crippen LogP contribution < -0.4 is 9.64 Å². The third-order valence-electron chi connectivity index (χ3n) is 5.66. The molecule has 0 saturated carbocycles. The maximum Gasteiger partial charge on any atom is 0.350 e. The number of amides is 1. The van der Waals surface area contributed by atoms with E-state index in [2.05, 4.69) is 4.98 Å². The SMILES string of the molecule is COC(=O)c1sc(N2C(=O)C(O)=C(S(=O)(=O)c3ccc(C)cc3)[C@H]2c2ccc(O)c(OC)c2)nc1C. The Morgan fingerprint density at radius 3 is 2.36 bits per heavy atom. The van der Waals surface area contributed by atoms with Gasteiger partial charge >= 0.3 is 5.97 Å². The van der Waals surface area contributed by atoms with Crippen LogP contribution in [-0.4, -0.2) is 49.7 Å². The summed E-state index contributed by atoms with van der Waals surface area (Å²) >= 11 is 0.823. The highest BCUT2D eigenvalue weighted by atomic mass is 32.2. The van der Waals surface area contributed by atoms with E-state index in [9.17, 15) is 28.2 Å². The van der Waals surface area contributed by atoms with E-state index in [4.69, 9.17) is 9.47 Å². The fourth-order valence-electron chi connectivity index (χ4n) is 3.83. The fraction of sp³-hybridized carbons (Fsp3) is 0.208. The van der Waals surface area contributed by atoms with Crippen molar-refractivity contribution in [3.63, 3.8) is 0 Å². The lowest BCUT2D eigenvalue weighted by molar-refractivity contribution is -0.117. The number of hydrogen-bond acceptors (Lipinski definition) is 10. The molecule has 4 rings (SSSR count). The first-order valence-corrected chi connectivity index (χ1v) is 12.8. The zero-order valence-corrected chi connectivity index (χ0v) is 21.3. The first-order valence-electron chi connectivity index (χ1n) is 10.5. The largest absolute Gasteiger partial charge is 0.504 e. The van der Waals surface area contributed by atoms with Crippen molar-refractivity contribution in [3.8, 4) is 11.5 Å². The van der Waals surface area contributed by atoms with Crippen molar-refractivity contribution >= 4 is 38.2 Å². The average Bonchev–Trinajstić information content (AvgIpc) is 3.36. The minimum absolute atomic E-state index is 0.0180. The molecule has 0 unspecified atom stereocenters. The van der Waals surface area contributed by atoms with E-state index in [1.807, 2.05) is 0 Å². The topological polar surface area (TPSA) is 143 Å². The Kier molecular flexibility index (Phi) is 6.50. The van der Waals surface area contributed by atoms with E-state index in [1.54, 1.807) is 26.0 Å². The lowest BCUT2D eigenvalue weighted by Gasteiger charge is -2.25. The van der Waals surface area contributed by atoms with Crippen molar-refractivity contribution in [3.05, 3.63) is 74.8 Å². The van der Waals surface area contributed by atoms with Crippen LogP contribution in [0.1, 0.15) is 32.5 Å². The van der Waals surface area contributed by atoms with Gasteiger partial charge in [0.2, 0.25) is 9.84 Å². The molecule has 0 spiro atoms. The predicted octanol–water partition coefficient (Wildman–Crippen LogP) is 3.59. The maximum atomic E-state index is 13.7. The summed E-state index contributed by atoms with van der Waals surface area (Å²) in [5.41, 5.74) is 1.32. The molecule has 1 aromatic heterocycles. The number of ether oxygens (including phenoxy) is 2. The summed E-state index contributed by atoms with van der Waals surface area (Å²) in [6.07, 6.45) is 0.